The Morgan fingerprint density at radius 2 is 2.03 bits per heavy atom. The zero-order chi connectivity index (χ0) is 25.8. The number of halogens is 3. The molecular formula is C24H36F3N5O4. The smallest absolute Gasteiger partial charge is 0.385 e. The van der Waals surface area contributed by atoms with Crippen molar-refractivity contribution in [3.05, 3.63) is 18.0 Å². The number of hydrogen-bond donors (Lipinski definition) is 1. The molecule has 9 nitrogen and oxygen atoms in total. The number of carbonyl (C=O) groups excluding carboxylic acids is 1. The topological polar surface area (TPSA) is 89.1 Å². The van der Waals surface area contributed by atoms with E-state index < -0.39 is 17.3 Å². The Labute approximate surface area is 209 Å². The van der Waals surface area contributed by atoms with E-state index in [0.29, 0.717) is 52.4 Å². The Bertz CT molecular complexity index is 884. The first-order chi connectivity index (χ1) is 17.3. The summed E-state index contributed by atoms with van der Waals surface area (Å²) in [5.41, 5.74) is -1.48. The van der Waals surface area contributed by atoms with Gasteiger partial charge in [-0.1, -0.05) is 0 Å². The van der Waals surface area contributed by atoms with Crippen LogP contribution in [0.5, 0.6) is 0 Å². The summed E-state index contributed by atoms with van der Waals surface area (Å²) < 4.78 is 55.6. The van der Waals surface area contributed by atoms with Crippen molar-refractivity contribution in [3.63, 3.8) is 0 Å². The SMILES string of the molecule is COCCC1(C(=O)N2CCN(c3nccc(C(F)(F)F)n3)CC2)CCC(NC2CCOCC2OC)C1. The third-order valence-corrected chi connectivity index (χ3v) is 7.69. The summed E-state index contributed by atoms with van der Waals surface area (Å²) in [6.07, 6.45) is 0.484. The summed E-state index contributed by atoms with van der Waals surface area (Å²) in [7, 11) is 3.33. The molecule has 1 saturated carbocycles. The molecule has 4 atom stereocenters. The molecule has 3 heterocycles. The Balaban J connectivity index is 1.38. The average Bonchev–Trinajstić information content (AvgIpc) is 3.31. The molecule has 1 aromatic heterocycles. The lowest BCUT2D eigenvalue weighted by atomic mass is 9.80. The first-order valence-electron chi connectivity index (χ1n) is 12.6. The molecule has 1 aromatic rings. The van der Waals surface area contributed by atoms with E-state index >= 15 is 0 Å². The van der Waals surface area contributed by atoms with Gasteiger partial charge in [-0.2, -0.15) is 13.2 Å². The van der Waals surface area contributed by atoms with Gasteiger partial charge in [0.05, 0.1) is 18.1 Å². The quantitative estimate of drug-likeness (QED) is 0.563. The van der Waals surface area contributed by atoms with Gasteiger partial charge in [-0.3, -0.25) is 4.79 Å². The monoisotopic (exact) mass is 515 g/mol. The summed E-state index contributed by atoms with van der Waals surface area (Å²) in [5, 5.41) is 3.72. The van der Waals surface area contributed by atoms with Crippen LogP contribution in [0.2, 0.25) is 0 Å². The van der Waals surface area contributed by atoms with Crippen molar-refractivity contribution in [2.75, 3.05) is 65.1 Å². The van der Waals surface area contributed by atoms with Crippen molar-refractivity contribution >= 4 is 11.9 Å². The molecule has 4 rings (SSSR count). The van der Waals surface area contributed by atoms with Crippen LogP contribution in [0, 0.1) is 5.41 Å². The highest BCUT2D eigenvalue weighted by atomic mass is 19.4. The number of piperazine rings is 1. The van der Waals surface area contributed by atoms with Crippen molar-refractivity contribution in [1.29, 1.82) is 0 Å². The number of hydrogen-bond acceptors (Lipinski definition) is 8. The molecule has 0 aromatic carbocycles. The number of aromatic nitrogens is 2. The van der Waals surface area contributed by atoms with E-state index in [0.717, 1.165) is 37.9 Å². The minimum absolute atomic E-state index is 0.00503. The number of alkyl halides is 3. The molecule has 0 bridgehead atoms. The fourth-order valence-electron chi connectivity index (χ4n) is 5.64. The molecule has 2 aliphatic heterocycles. The highest BCUT2D eigenvalue weighted by Gasteiger charge is 2.48. The minimum atomic E-state index is -4.52. The molecule has 1 N–H and O–H groups in total. The summed E-state index contributed by atoms with van der Waals surface area (Å²) in [6.45, 7) is 3.34. The molecule has 3 aliphatic rings. The summed E-state index contributed by atoms with van der Waals surface area (Å²) in [6, 6.07) is 1.26. The first kappa shape index (κ1) is 27.0. The third kappa shape index (κ3) is 6.09. The predicted octanol–water partition coefficient (Wildman–Crippen LogP) is 2.11. The number of rotatable bonds is 8. The largest absolute Gasteiger partial charge is 0.433 e. The van der Waals surface area contributed by atoms with E-state index in [1.54, 1.807) is 19.1 Å². The van der Waals surface area contributed by atoms with Crippen molar-refractivity contribution in [2.24, 2.45) is 5.41 Å². The van der Waals surface area contributed by atoms with E-state index in [-0.39, 0.29) is 30.0 Å². The molecule has 1 amide bonds. The van der Waals surface area contributed by atoms with Crippen LogP contribution in [-0.2, 0) is 25.2 Å². The van der Waals surface area contributed by atoms with E-state index in [9.17, 15) is 18.0 Å². The lowest BCUT2D eigenvalue weighted by molar-refractivity contribution is -0.143. The van der Waals surface area contributed by atoms with Crippen LogP contribution in [0.1, 0.15) is 37.8 Å². The first-order valence-corrected chi connectivity index (χ1v) is 12.6. The zero-order valence-corrected chi connectivity index (χ0v) is 20.9. The number of carbonyl (C=O) groups is 1. The van der Waals surface area contributed by atoms with Gasteiger partial charge in [-0.05, 0) is 38.2 Å². The Kier molecular flexibility index (Phi) is 8.69. The molecule has 1 aliphatic carbocycles. The van der Waals surface area contributed by atoms with Crippen LogP contribution in [0.3, 0.4) is 0 Å². The number of amides is 1. The van der Waals surface area contributed by atoms with Crippen LogP contribution in [0.25, 0.3) is 0 Å². The maximum atomic E-state index is 13.8. The van der Waals surface area contributed by atoms with Crippen LogP contribution >= 0.6 is 0 Å². The molecule has 0 radical (unpaired) electrons. The number of nitrogens with zero attached hydrogens (tertiary/aromatic N) is 4. The third-order valence-electron chi connectivity index (χ3n) is 7.69. The van der Waals surface area contributed by atoms with Crippen LogP contribution in [0.15, 0.2) is 12.3 Å². The van der Waals surface area contributed by atoms with E-state index in [1.165, 1.54) is 0 Å². The molecule has 3 fully saturated rings. The number of anilines is 1. The predicted molar refractivity (Wildman–Crippen MR) is 126 cm³/mol. The molecule has 202 valence electrons. The van der Waals surface area contributed by atoms with Crippen molar-refractivity contribution in [2.45, 2.75) is 56.5 Å². The zero-order valence-electron chi connectivity index (χ0n) is 20.9. The lowest BCUT2D eigenvalue weighted by Gasteiger charge is -2.40. The van der Waals surface area contributed by atoms with Gasteiger partial charge in [0.15, 0.2) is 0 Å². The normalized spacial score (nSPS) is 29.5. The second-order valence-electron chi connectivity index (χ2n) is 9.89. The summed E-state index contributed by atoms with van der Waals surface area (Å²) in [5.74, 6) is 0.143. The van der Waals surface area contributed by atoms with E-state index in [1.807, 2.05) is 4.90 Å². The van der Waals surface area contributed by atoms with Crippen LogP contribution in [0.4, 0.5) is 19.1 Å². The van der Waals surface area contributed by atoms with Crippen molar-refractivity contribution in [1.82, 2.24) is 20.2 Å². The maximum Gasteiger partial charge on any atom is 0.433 e. The van der Waals surface area contributed by atoms with Gasteiger partial charge in [0.25, 0.3) is 0 Å². The van der Waals surface area contributed by atoms with E-state index in [2.05, 4.69) is 15.3 Å². The van der Waals surface area contributed by atoms with Gasteiger partial charge < -0.3 is 29.3 Å². The molecule has 2 saturated heterocycles. The van der Waals surface area contributed by atoms with Gasteiger partial charge in [0, 0.05) is 71.9 Å². The Morgan fingerprint density at radius 1 is 1.25 bits per heavy atom. The fraction of sp³-hybridized carbons (Fsp3) is 0.792. The molecule has 4 unspecified atom stereocenters. The van der Waals surface area contributed by atoms with Gasteiger partial charge >= 0.3 is 6.18 Å². The highest BCUT2D eigenvalue weighted by molar-refractivity contribution is 5.83. The average molecular weight is 516 g/mol. The maximum absolute atomic E-state index is 13.8. The second-order valence-corrected chi connectivity index (χ2v) is 9.89. The summed E-state index contributed by atoms with van der Waals surface area (Å²) in [4.78, 5) is 25.1. The van der Waals surface area contributed by atoms with Crippen molar-refractivity contribution in [3.8, 4) is 0 Å². The van der Waals surface area contributed by atoms with Gasteiger partial charge in [0.2, 0.25) is 11.9 Å². The molecule has 12 heteroatoms. The molecule has 0 spiro atoms. The second kappa shape index (κ2) is 11.6. The minimum Gasteiger partial charge on any atom is -0.385 e. The van der Waals surface area contributed by atoms with Gasteiger partial charge in [-0.15, -0.1) is 0 Å². The van der Waals surface area contributed by atoms with E-state index in [4.69, 9.17) is 14.2 Å². The Morgan fingerprint density at radius 3 is 2.72 bits per heavy atom. The standard InChI is InChI=1S/C24H36F3N5O4/c1-34-14-7-23(6-3-17(15-23)29-18-5-13-36-16-19(18)35-2)21(33)31-9-11-32(12-10-31)22-28-8-4-20(30-22)24(25,26)27/h4,8,17-19,29H,3,5-7,9-16H2,1-2H3. The van der Waals surface area contributed by atoms with Gasteiger partial charge in [0.1, 0.15) is 5.69 Å². The fourth-order valence-corrected chi connectivity index (χ4v) is 5.64. The van der Waals surface area contributed by atoms with Crippen LogP contribution < -0.4 is 10.2 Å². The number of methoxy groups -OCH3 is 2. The number of ether oxygens (including phenoxy) is 3. The number of nitrogens with one attached hydrogen (secondary N) is 1. The molecular weight excluding hydrogens is 479 g/mol. The highest BCUT2D eigenvalue weighted by Crippen LogP contribution is 2.43. The molecule has 36 heavy (non-hydrogen) atoms. The lowest BCUT2D eigenvalue weighted by Crippen LogP contribution is -2.54. The van der Waals surface area contributed by atoms with Crippen LogP contribution in [-0.4, -0.2) is 99.2 Å². The van der Waals surface area contributed by atoms with Crippen molar-refractivity contribution < 1.29 is 32.2 Å². The van der Waals surface area contributed by atoms with Gasteiger partial charge in [-0.25, -0.2) is 9.97 Å². The Hall–Kier alpha value is -2.02. The summed E-state index contributed by atoms with van der Waals surface area (Å²) >= 11 is 0.